The SMILES string of the molecule is CC=CCON=C1CCCCC1. The van der Waals surface area contributed by atoms with Gasteiger partial charge in [0.15, 0.2) is 0 Å². The van der Waals surface area contributed by atoms with Gasteiger partial charge in [-0.1, -0.05) is 17.7 Å². The van der Waals surface area contributed by atoms with Crippen LogP contribution in [0.15, 0.2) is 17.3 Å². The van der Waals surface area contributed by atoms with Crippen LogP contribution in [0, 0.1) is 0 Å². The number of rotatable bonds is 3. The van der Waals surface area contributed by atoms with E-state index in [1.54, 1.807) is 0 Å². The van der Waals surface area contributed by atoms with E-state index in [-0.39, 0.29) is 0 Å². The van der Waals surface area contributed by atoms with Gasteiger partial charge in [0.1, 0.15) is 6.61 Å². The summed E-state index contributed by atoms with van der Waals surface area (Å²) in [6, 6.07) is 0. The summed E-state index contributed by atoms with van der Waals surface area (Å²) in [5.41, 5.74) is 1.24. The standard InChI is InChI=1S/C10H17NO/c1-2-3-9-12-11-10-7-5-4-6-8-10/h2-3H,4-9H2,1H3. The van der Waals surface area contributed by atoms with Crippen molar-refractivity contribution in [3.63, 3.8) is 0 Å². The van der Waals surface area contributed by atoms with Crippen LogP contribution in [0.25, 0.3) is 0 Å². The molecule has 2 nitrogen and oxygen atoms in total. The van der Waals surface area contributed by atoms with Crippen LogP contribution in [0.5, 0.6) is 0 Å². The summed E-state index contributed by atoms with van der Waals surface area (Å²) in [4.78, 5) is 5.11. The van der Waals surface area contributed by atoms with Gasteiger partial charge in [0, 0.05) is 0 Å². The van der Waals surface area contributed by atoms with E-state index >= 15 is 0 Å². The van der Waals surface area contributed by atoms with E-state index in [0.717, 1.165) is 12.8 Å². The molecule has 0 radical (unpaired) electrons. The molecule has 0 spiro atoms. The van der Waals surface area contributed by atoms with Crippen LogP contribution in [0.2, 0.25) is 0 Å². The molecule has 0 heterocycles. The molecule has 0 aliphatic heterocycles. The molecular weight excluding hydrogens is 150 g/mol. The molecule has 2 heteroatoms. The summed E-state index contributed by atoms with van der Waals surface area (Å²) >= 11 is 0. The van der Waals surface area contributed by atoms with Crippen molar-refractivity contribution in [2.75, 3.05) is 6.61 Å². The van der Waals surface area contributed by atoms with Gasteiger partial charge in [-0.3, -0.25) is 0 Å². The molecule has 0 aromatic heterocycles. The largest absolute Gasteiger partial charge is 0.392 e. The smallest absolute Gasteiger partial charge is 0.135 e. The first kappa shape index (κ1) is 9.30. The molecule has 0 aromatic carbocycles. The fraction of sp³-hybridized carbons (Fsp3) is 0.700. The van der Waals surface area contributed by atoms with Crippen LogP contribution in [-0.2, 0) is 4.84 Å². The van der Waals surface area contributed by atoms with Crippen molar-refractivity contribution in [1.82, 2.24) is 0 Å². The van der Waals surface area contributed by atoms with Crippen molar-refractivity contribution < 1.29 is 4.84 Å². The lowest BCUT2D eigenvalue weighted by atomic mass is 9.99. The van der Waals surface area contributed by atoms with Crippen molar-refractivity contribution >= 4 is 5.71 Å². The van der Waals surface area contributed by atoms with Crippen LogP contribution in [-0.4, -0.2) is 12.3 Å². The second-order valence-electron chi connectivity index (χ2n) is 3.08. The highest BCUT2D eigenvalue weighted by Gasteiger charge is 2.06. The predicted molar refractivity (Wildman–Crippen MR) is 51.3 cm³/mol. The molecule has 68 valence electrons. The van der Waals surface area contributed by atoms with E-state index in [4.69, 9.17) is 4.84 Å². The summed E-state index contributed by atoms with van der Waals surface area (Å²) in [7, 11) is 0. The molecule has 1 aliphatic rings. The van der Waals surface area contributed by atoms with Gasteiger partial charge in [-0.05, 0) is 38.7 Å². The van der Waals surface area contributed by atoms with Gasteiger partial charge in [-0.2, -0.15) is 0 Å². The topological polar surface area (TPSA) is 21.6 Å². The van der Waals surface area contributed by atoms with Crippen LogP contribution in [0.3, 0.4) is 0 Å². The predicted octanol–water partition coefficient (Wildman–Crippen LogP) is 2.90. The molecule has 0 unspecified atom stereocenters. The van der Waals surface area contributed by atoms with Gasteiger partial charge in [-0.25, -0.2) is 0 Å². The molecule has 12 heavy (non-hydrogen) atoms. The Labute approximate surface area is 74.3 Å². The van der Waals surface area contributed by atoms with E-state index in [0.29, 0.717) is 6.61 Å². The lowest BCUT2D eigenvalue weighted by Crippen LogP contribution is -2.05. The first-order valence-electron chi connectivity index (χ1n) is 4.72. The van der Waals surface area contributed by atoms with Gasteiger partial charge < -0.3 is 4.84 Å². The number of nitrogens with zero attached hydrogens (tertiary/aromatic N) is 1. The Morgan fingerprint density at radius 1 is 1.33 bits per heavy atom. The third-order valence-corrected chi connectivity index (χ3v) is 2.03. The summed E-state index contributed by atoms with van der Waals surface area (Å²) in [5, 5.41) is 4.09. The van der Waals surface area contributed by atoms with Gasteiger partial charge >= 0.3 is 0 Å². The highest BCUT2D eigenvalue weighted by Crippen LogP contribution is 2.14. The maximum atomic E-state index is 5.11. The van der Waals surface area contributed by atoms with Gasteiger partial charge in [0.2, 0.25) is 0 Å². The average Bonchev–Trinajstić information content (AvgIpc) is 2.14. The van der Waals surface area contributed by atoms with Crippen LogP contribution >= 0.6 is 0 Å². The molecular formula is C10H17NO. The maximum Gasteiger partial charge on any atom is 0.135 e. The molecule has 0 amide bonds. The van der Waals surface area contributed by atoms with Crippen molar-refractivity contribution in [2.45, 2.75) is 39.0 Å². The molecule has 1 rings (SSSR count). The Balaban J connectivity index is 2.16. The molecule has 0 atom stereocenters. The second-order valence-corrected chi connectivity index (χ2v) is 3.08. The lowest BCUT2D eigenvalue weighted by Gasteiger charge is -2.10. The third-order valence-electron chi connectivity index (χ3n) is 2.03. The minimum absolute atomic E-state index is 0.611. The zero-order chi connectivity index (χ0) is 8.65. The van der Waals surface area contributed by atoms with Crippen LogP contribution in [0.4, 0.5) is 0 Å². The number of hydrogen-bond acceptors (Lipinski definition) is 2. The van der Waals surface area contributed by atoms with Crippen LogP contribution in [0.1, 0.15) is 39.0 Å². The normalized spacial score (nSPS) is 18.2. The summed E-state index contributed by atoms with van der Waals surface area (Å²) < 4.78 is 0. The molecule has 0 N–H and O–H groups in total. The highest BCUT2D eigenvalue weighted by molar-refractivity contribution is 5.84. The third kappa shape index (κ3) is 3.56. The Bertz CT molecular complexity index is 165. The van der Waals surface area contributed by atoms with Crippen molar-refractivity contribution in [1.29, 1.82) is 0 Å². The first-order valence-corrected chi connectivity index (χ1v) is 4.72. The monoisotopic (exact) mass is 167 g/mol. The Morgan fingerprint density at radius 3 is 2.75 bits per heavy atom. The molecule has 1 fully saturated rings. The van der Waals surface area contributed by atoms with E-state index in [1.807, 2.05) is 19.1 Å². The molecule has 1 saturated carbocycles. The van der Waals surface area contributed by atoms with E-state index in [9.17, 15) is 0 Å². The summed E-state index contributed by atoms with van der Waals surface area (Å²) in [5.74, 6) is 0. The van der Waals surface area contributed by atoms with Gasteiger partial charge in [0.25, 0.3) is 0 Å². The minimum Gasteiger partial charge on any atom is -0.392 e. The Morgan fingerprint density at radius 2 is 2.08 bits per heavy atom. The van der Waals surface area contributed by atoms with Crippen molar-refractivity contribution in [3.05, 3.63) is 12.2 Å². The Hall–Kier alpha value is -0.790. The minimum atomic E-state index is 0.611. The van der Waals surface area contributed by atoms with E-state index in [1.165, 1.54) is 25.0 Å². The zero-order valence-electron chi connectivity index (χ0n) is 7.75. The van der Waals surface area contributed by atoms with Crippen molar-refractivity contribution in [2.24, 2.45) is 5.16 Å². The van der Waals surface area contributed by atoms with E-state index in [2.05, 4.69) is 5.16 Å². The maximum absolute atomic E-state index is 5.11. The lowest BCUT2D eigenvalue weighted by molar-refractivity contribution is 0.172. The Kier molecular flexibility index (Phi) is 4.50. The molecule has 0 aromatic rings. The summed E-state index contributed by atoms with van der Waals surface area (Å²) in [6.45, 7) is 2.59. The van der Waals surface area contributed by atoms with E-state index < -0.39 is 0 Å². The highest BCUT2D eigenvalue weighted by atomic mass is 16.6. The summed E-state index contributed by atoms with van der Waals surface area (Å²) in [6.07, 6.45) is 10.1. The molecule has 1 aliphatic carbocycles. The quantitative estimate of drug-likeness (QED) is 0.360. The first-order chi connectivity index (χ1) is 5.93. The number of allylic oxidation sites excluding steroid dienone is 1. The molecule has 0 bridgehead atoms. The number of hydrogen-bond donors (Lipinski definition) is 0. The van der Waals surface area contributed by atoms with Gasteiger partial charge in [0.05, 0.1) is 5.71 Å². The fourth-order valence-electron chi connectivity index (χ4n) is 1.32. The molecule has 0 saturated heterocycles. The van der Waals surface area contributed by atoms with Gasteiger partial charge in [-0.15, -0.1) is 0 Å². The second kappa shape index (κ2) is 5.81. The number of oxime groups is 1. The average molecular weight is 167 g/mol. The fourth-order valence-corrected chi connectivity index (χ4v) is 1.32. The van der Waals surface area contributed by atoms with Crippen molar-refractivity contribution in [3.8, 4) is 0 Å². The van der Waals surface area contributed by atoms with Crippen LogP contribution < -0.4 is 0 Å². The zero-order valence-corrected chi connectivity index (χ0v) is 7.75.